The van der Waals surface area contributed by atoms with E-state index in [-0.39, 0.29) is 11.7 Å². The maximum Gasteiger partial charge on any atom is 0.227 e. The zero-order valence-electron chi connectivity index (χ0n) is 11.5. The Morgan fingerprint density at radius 2 is 1.95 bits per heavy atom. The second-order valence-corrected chi connectivity index (χ2v) is 6.06. The van der Waals surface area contributed by atoms with Crippen LogP contribution in [0.15, 0.2) is 46.9 Å². The standard InChI is InChI=1S/C17H15BrFNO/c18-14-10-12(8-9-15(14)19)11-20-16-6-2-1-4-13(16)5-3-7-17(20)21/h1-2,4,6,8-10H,3,5,7,11H2. The average molecular weight is 348 g/mol. The summed E-state index contributed by atoms with van der Waals surface area (Å²) in [6, 6.07) is 12.9. The summed E-state index contributed by atoms with van der Waals surface area (Å²) in [5.74, 6) is -0.165. The van der Waals surface area contributed by atoms with Crippen molar-refractivity contribution in [3.63, 3.8) is 0 Å². The number of amides is 1. The molecular formula is C17H15BrFNO. The molecule has 0 saturated heterocycles. The van der Waals surface area contributed by atoms with Crippen LogP contribution in [0.2, 0.25) is 0 Å². The summed E-state index contributed by atoms with van der Waals surface area (Å²) < 4.78 is 13.8. The third-order valence-corrected chi connectivity index (χ3v) is 4.35. The maximum absolute atomic E-state index is 13.3. The molecule has 0 spiro atoms. The lowest BCUT2D eigenvalue weighted by atomic mass is 10.1. The van der Waals surface area contributed by atoms with Crippen molar-refractivity contribution >= 4 is 27.5 Å². The molecule has 0 fully saturated rings. The second kappa shape index (κ2) is 5.98. The van der Waals surface area contributed by atoms with Crippen molar-refractivity contribution in [3.05, 3.63) is 63.9 Å². The van der Waals surface area contributed by atoms with Crippen LogP contribution in [0.5, 0.6) is 0 Å². The van der Waals surface area contributed by atoms with Gasteiger partial charge < -0.3 is 4.90 Å². The summed E-state index contributed by atoms with van der Waals surface area (Å²) in [4.78, 5) is 14.2. The van der Waals surface area contributed by atoms with Gasteiger partial charge in [-0.2, -0.15) is 0 Å². The normalized spacial score (nSPS) is 14.8. The lowest BCUT2D eigenvalue weighted by Crippen LogP contribution is -2.29. The van der Waals surface area contributed by atoms with Gasteiger partial charge >= 0.3 is 0 Å². The van der Waals surface area contributed by atoms with Gasteiger partial charge in [-0.05, 0) is 58.1 Å². The molecular weight excluding hydrogens is 333 g/mol. The van der Waals surface area contributed by atoms with Crippen LogP contribution in [0.1, 0.15) is 24.0 Å². The van der Waals surface area contributed by atoms with Gasteiger partial charge in [-0.3, -0.25) is 4.79 Å². The largest absolute Gasteiger partial charge is 0.308 e. The molecule has 108 valence electrons. The molecule has 0 bridgehead atoms. The topological polar surface area (TPSA) is 20.3 Å². The number of fused-ring (bicyclic) bond motifs is 1. The minimum atomic E-state index is -0.290. The minimum absolute atomic E-state index is 0.125. The van der Waals surface area contributed by atoms with E-state index in [2.05, 4.69) is 22.0 Å². The van der Waals surface area contributed by atoms with E-state index in [4.69, 9.17) is 0 Å². The number of aryl methyl sites for hydroxylation is 1. The minimum Gasteiger partial charge on any atom is -0.308 e. The van der Waals surface area contributed by atoms with Crippen LogP contribution >= 0.6 is 15.9 Å². The van der Waals surface area contributed by atoms with E-state index >= 15 is 0 Å². The summed E-state index contributed by atoms with van der Waals surface area (Å²) in [6.45, 7) is 0.467. The SMILES string of the molecule is O=C1CCCc2ccccc2N1Cc1ccc(F)c(Br)c1. The van der Waals surface area contributed by atoms with Gasteiger partial charge in [0.25, 0.3) is 0 Å². The Balaban J connectivity index is 1.95. The number of rotatable bonds is 2. The second-order valence-electron chi connectivity index (χ2n) is 5.21. The van der Waals surface area contributed by atoms with Crippen molar-refractivity contribution in [1.29, 1.82) is 0 Å². The van der Waals surface area contributed by atoms with Crippen LogP contribution < -0.4 is 4.90 Å². The highest BCUT2D eigenvalue weighted by Gasteiger charge is 2.22. The number of anilines is 1. The van der Waals surface area contributed by atoms with Gasteiger partial charge in [-0.25, -0.2) is 4.39 Å². The highest BCUT2D eigenvalue weighted by atomic mass is 79.9. The van der Waals surface area contributed by atoms with E-state index in [0.717, 1.165) is 24.1 Å². The molecule has 0 unspecified atom stereocenters. The Morgan fingerprint density at radius 1 is 1.14 bits per heavy atom. The molecule has 0 aliphatic carbocycles. The first kappa shape index (κ1) is 14.3. The van der Waals surface area contributed by atoms with Crippen molar-refractivity contribution in [2.45, 2.75) is 25.8 Å². The zero-order chi connectivity index (χ0) is 14.8. The Morgan fingerprint density at radius 3 is 2.76 bits per heavy atom. The average Bonchev–Trinajstić information content (AvgIpc) is 2.63. The van der Waals surface area contributed by atoms with Gasteiger partial charge in [-0.1, -0.05) is 24.3 Å². The number of hydrogen-bond acceptors (Lipinski definition) is 1. The first-order chi connectivity index (χ1) is 10.1. The van der Waals surface area contributed by atoms with Gasteiger partial charge in [0, 0.05) is 12.1 Å². The van der Waals surface area contributed by atoms with Crippen LogP contribution in [-0.4, -0.2) is 5.91 Å². The molecule has 1 heterocycles. The molecule has 0 atom stereocenters. The first-order valence-corrected chi connectivity index (χ1v) is 7.76. The zero-order valence-corrected chi connectivity index (χ0v) is 13.1. The monoisotopic (exact) mass is 347 g/mol. The smallest absolute Gasteiger partial charge is 0.227 e. The molecule has 1 amide bonds. The molecule has 2 aromatic rings. The first-order valence-electron chi connectivity index (χ1n) is 6.97. The molecule has 0 N–H and O–H groups in total. The van der Waals surface area contributed by atoms with Gasteiger partial charge in [0.15, 0.2) is 0 Å². The highest BCUT2D eigenvalue weighted by Crippen LogP contribution is 2.29. The van der Waals surface area contributed by atoms with Crippen molar-refractivity contribution in [3.8, 4) is 0 Å². The molecule has 4 heteroatoms. The van der Waals surface area contributed by atoms with E-state index in [1.165, 1.54) is 11.6 Å². The molecule has 0 radical (unpaired) electrons. The Kier molecular flexibility index (Phi) is 4.06. The number of nitrogens with zero attached hydrogens (tertiary/aromatic N) is 1. The molecule has 1 aliphatic rings. The molecule has 2 nitrogen and oxygen atoms in total. The molecule has 2 aromatic carbocycles. The van der Waals surface area contributed by atoms with Gasteiger partial charge in [-0.15, -0.1) is 0 Å². The lowest BCUT2D eigenvalue weighted by molar-refractivity contribution is -0.118. The molecule has 0 aromatic heterocycles. The van der Waals surface area contributed by atoms with E-state index in [1.807, 2.05) is 23.1 Å². The number of carbonyl (C=O) groups is 1. The lowest BCUT2D eigenvalue weighted by Gasteiger charge is -2.23. The number of carbonyl (C=O) groups excluding carboxylic acids is 1. The summed E-state index contributed by atoms with van der Waals surface area (Å²) in [6.07, 6.45) is 2.35. The van der Waals surface area contributed by atoms with Gasteiger partial charge in [0.1, 0.15) is 5.82 Å². The predicted molar refractivity (Wildman–Crippen MR) is 84.7 cm³/mol. The Labute approximate surface area is 131 Å². The molecule has 21 heavy (non-hydrogen) atoms. The summed E-state index contributed by atoms with van der Waals surface area (Å²) in [5.41, 5.74) is 3.08. The van der Waals surface area contributed by atoms with Crippen molar-refractivity contribution in [1.82, 2.24) is 0 Å². The maximum atomic E-state index is 13.3. The van der Waals surface area contributed by atoms with Crippen molar-refractivity contribution in [2.24, 2.45) is 0 Å². The van der Waals surface area contributed by atoms with Crippen LogP contribution in [-0.2, 0) is 17.8 Å². The number of para-hydroxylation sites is 1. The van der Waals surface area contributed by atoms with Gasteiger partial charge in [0.2, 0.25) is 5.91 Å². The Bertz CT molecular complexity index is 686. The number of benzene rings is 2. The van der Waals surface area contributed by atoms with E-state index < -0.39 is 0 Å². The highest BCUT2D eigenvalue weighted by molar-refractivity contribution is 9.10. The summed E-state index contributed by atoms with van der Waals surface area (Å²) in [7, 11) is 0. The van der Waals surface area contributed by atoms with Gasteiger partial charge in [0.05, 0.1) is 11.0 Å². The van der Waals surface area contributed by atoms with Crippen molar-refractivity contribution < 1.29 is 9.18 Å². The van der Waals surface area contributed by atoms with E-state index in [9.17, 15) is 9.18 Å². The van der Waals surface area contributed by atoms with Crippen molar-refractivity contribution in [2.75, 3.05) is 4.90 Å². The van der Waals surface area contributed by atoms with E-state index in [1.54, 1.807) is 12.1 Å². The quantitative estimate of drug-likeness (QED) is 0.785. The summed E-state index contributed by atoms with van der Waals surface area (Å²) >= 11 is 3.19. The fraction of sp³-hybridized carbons (Fsp3) is 0.235. The summed E-state index contributed by atoms with van der Waals surface area (Å²) in [5, 5.41) is 0. The fourth-order valence-corrected chi connectivity index (χ4v) is 3.11. The number of hydrogen-bond donors (Lipinski definition) is 0. The number of halogens is 2. The van der Waals surface area contributed by atoms with Crippen LogP contribution in [0.25, 0.3) is 0 Å². The third-order valence-electron chi connectivity index (χ3n) is 3.74. The van der Waals surface area contributed by atoms with E-state index in [0.29, 0.717) is 17.4 Å². The third kappa shape index (κ3) is 3.00. The fourth-order valence-electron chi connectivity index (χ4n) is 2.68. The molecule has 0 saturated carbocycles. The van der Waals surface area contributed by atoms with Crippen LogP contribution in [0.4, 0.5) is 10.1 Å². The van der Waals surface area contributed by atoms with Crippen LogP contribution in [0.3, 0.4) is 0 Å². The Hall–Kier alpha value is -1.68. The molecule has 3 rings (SSSR count). The predicted octanol–water partition coefficient (Wildman–Crippen LogP) is 4.46. The molecule has 1 aliphatic heterocycles. The van der Waals surface area contributed by atoms with Crippen LogP contribution in [0, 0.1) is 5.82 Å².